The van der Waals surface area contributed by atoms with E-state index in [0.29, 0.717) is 12.3 Å². The van der Waals surface area contributed by atoms with Crippen LogP contribution in [0, 0.1) is 17.6 Å². The van der Waals surface area contributed by atoms with Crippen LogP contribution in [-0.2, 0) is 26.0 Å². The van der Waals surface area contributed by atoms with Crippen LogP contribution in [0.1, 0.15) is 31.7 Å². The Morgan fingerprint density at radius 3 is 2.62 bits per heavy atom. The standard InChI is InChI=1S/C29H38F2N4O6S/c1-3-4-9-34-17-20(14-27(34)36)29(38)33-25(13-19-11-21(30)15-22(31)12-19)28(37)26-18-35(10-8-32-26)42(39,40)24-7-5-6-23(16-24)41-2/h5-7,11-12,15-16,20,25-26,28,32,37H,3-4,8-10,13-14,17-18H2,1-2H3,(H,33,38)/t20?,25?,26-,28+/m1/s1. The molecular formula is C29H38F2N4O6S. The predicted molar refractivity (Wildman–Crippen MR) is 151 cm³/mol. The summed E-state index contributed by atoms with van der Waals surface area (Å²) in [6.07, 6.45) is 0.286. The summed E-state index contributed by atoms with van der Waals surface area (Å²) in [6, 6.07) is 7.20. The number of piperazine rings is 1. The third-order valence-corrected chi connectivity index (χ3v) is 9.61. The highest BCUT2D eigenvalue weighted by Gasteiger charge is 2.39. The first kappa shape index (κ1) is 31.8. The summed E-state index contributed by atoms with van der Waals surface area (Å²) in [5, 5.41) is 17.4. The van der Waals surface area contributed by atoms with Gasteiger partial charge in [0, 0.05) is 57.3 Å². The van der Waals surface area contributed by atoms with Crippen molar-refractivity contribution in [3.05, 3.63) is 59.7 Å². The maximum Gasteiger partial charge on any atom is 0.243 e. The van der Waals surface area contributed by atoms with E-state index in [4.69, 9.17) is 4.74 Å². The number of nitrogens with one attached hydrogen (secondary N) is 2. The molecule has 0 bridgehead atoms. The quantitative estimate of drug-likeness (QED) is 0.335. The minimum Gasteiger partial charge on any atom is -0.497 e. The maximum atomic E-state index is 14.0. The third kappa shape index (κ3) is 7.63. The Morgan fingerprint density at radius 2 is 1.93 bits per heavy atom. The van der Waals surface area contributed by atoms with Crippen molar-refractivity contribution in [3.63, 3.8) is 0 Å². The Balaban J connectivity index is 1.53. The molecule has 2 aliphatic rings. The highest BCUT2D eigenvalue weighted by Crippen LogP contribution is 2.24. The summed E-state index contributed by atoms with van der Waals surface area (Å²) in [4.78, 5) is 27.4. The molecule has 230 valence electrons. The molecule has 0 spiro atoms. The molecule has 13 heteroatoms. The van der Waals surface area contributed by atoms with Crippen molar-refractivity contribution in [3.8, 4) is 5.75 Å². The maximum absolute atomic E-state index is 14.0. The molecule has 2 aromatic rings. The van der Waals surface area contributed by atoms with Gasteiger partial charge in [-0.15, -0.1) is 0 Å². The monoisotopic (exact) mass is 608 g/mol. The lowest BCUT2D eigenvalue weighted by atomic mass is 9.94. The molecule has 42 heavy (non-hydrogen) atoms. The normalized spacial score (nSPS) is 21.3. The number of hydrogen-bond donors (Lipinski definition) is 3. The molecule has 0 radical (unpaired) electrons. The topological polar surface area (TPSA) is 128 Å². The summed E-state index contributed by atoms with van der Waals surface area (Å²) < 4.78 is 61.2. The van der Waals surface area contributed by atoms with Crippen LogP contribution in [0.3, 0.4) is 0 Å². The van der Waals surface area contributed by atoms with Crippen LogP contribution in [0.4, 0.5) is 8.78 Å². The molecule has 2 unspecified atom stereocenters. The fourth-order valence-corrected chi connectivity index (χ4v) is 6.94. The average molecular weight is 609 g/mol. The number of methoxy groups -OCH3 is 1. The van der Waals surface area contributed by atoms with E-state index < -0.39 is 51.7 Å². The third-order valence-electron chi connectivity index (χ3n) is 7.74. The van der Waals surface area contributed by atoms with Gasteiger partial charge in [0.25, 0.3) is 0 Å². The first-order chi connectivity index (χ1) is 20.0. The van der Waals surface area contributed by atoms with E-state index in [0.717, 1.165) is 31.0 Å². The van der Waals surface area contributed by atoms with E-state index in [2.05, 4.69) is 10.6 Å². The van der Waals surface area contributed by atoms with E-state index in [1.54, 1.807) is 17.0 Å². The zero-order valence-corrected chi connectivity index (χ0v) is 24.6. The number of ether oxygens (including phenoxy) is 1. The fourth-order valence-electron chi connectivity index (χ4n) is 5.44. The second-order valence-electron chi connectivity index (χ2n) is 10.8. The number of nitrogens with zero attached hydrogens (tertiary/aromatic N) is 2. The van der Waals surface area contributed by atoms with Crippen LogP contribution < -0.4 is 15.4 Å². The van der Waals surface area contributed by atoms with Gasteiger partial charge in [0.1, 0.15) is 17.4 Å². The average Bonchev–Trinajstić information content (AvgIpc) is 3.35. The van der Waals surface area contributed by atoms with Crippen molar-refractivity contribution in [1.29, 1.82) is 0 Å². The smallest absolute Gasteiger partial charge is 0.243 e. The van der Waals surface area contributed by atoms with E-state index >= 15 is 0 Å². The van der Waals surface area contributed by atoms with Crippen molar-refractivity contribution in [2.24, 2.45) is 5.92 Å². The number of amides is 2. The number of benzene rings is 2. The molecule has 2 heterocycles. The highest BCUT2D eigenvalue weighted by molar-refractivity contribution is 7.89. The van der Waals surface area contributed by atoms with Crippen molar-refractivity contribution < 1.29 is 36.6 Å². The number of carbonyl (C=O) groups is 2. The molecule has 3 N–H and O–H groups in total. The summed E-state index contributed by atoms with van der Waals surface area (Å²) in [7, 11) is -2.50. The Labute approximate surface area is 245 Å². The van der Waals surface area contributed by atoms with Crippen LogP contribution in [0.2, 0.25) is 0 Å². The number of aliphatic hydroxyl groups is 1. The number of aliphatic hydroxyl groups excluding tert-OH is 1. The number of rotatable bonds is 12. The molecule has 2 amide bonds. The van der Waals surface area contributed by atoms with Crippen LogP contribution in [0.25, 0.3) is 0 Å². The first-order valence-electron chi connectivity index (χ1n) is 14.1. The largest absolute Gasteiger partial charge is 0.497 e. The second kappa shape index (κ2) is 13.9. The van der Waals surface area contributed by atoms with Crippen LogP contribution in [0.5, 0.6) is 5.75 Å². The molecule has 4 atom stereocenters. The minimum absolute atomic E-state index is 0.0290. The Kier molecular flexibility index (Phi) is 10.5. The van der Waals surface area contributed by atoms with Gasteiger partial charge in [-0.2, -0.15) is 4.31 Å². The van der Waals surface area contributed by atoms with Gasteiger partial charge in [-0.3, -0.25) is 9.59 Å². The molecule has 2 saturated heterocycles. The lowest BCUT2D eigenvalue weighted by Gasteiger charge is -2.38. The summed E-state index contributed by atoms with van der Waals surface area (Å²) in [5.74, 6) is -2.45. The van der Waals surface area contributed by atoms with Crippen LogP contribution in [-0.4, -0.2) is 92.6 Å². The van der Waals surface area contributed by atoms with Crippen molar-refractivity contribution >= 4 is 21.8 Å². The summed E-state index contributed by atoms with van der Waals surface area (Å²) in [6.45, 7) is 3.07. The van der Waals surface area contributed by atoms with Gasteiger partial charge in [0.15, 0.2) is 0 Å². The van der Waals surface area contributed by atoms with Crippen LogP contribution in [0.15, 0.2) is 47.4 Å². The minimum atomic E-state index is -3.94. The molecule has 2 aliphatic heterocycles. The lowest BCUT2D eigenvalue weighted by Crippen LogP contribution is -2.62. The van der Waals surface area contributed by atoms with E-state index in [1.165, 1.54) is 23.5 Å². The van der Waals surface area contributed by atoms with Gasteiger partial charge < -0.3 is 25.4 Å². The zero-order chi connectivity index (χ0) is 30.4. The SMILES string of the molecule is CCCCN1CC(C(=O)NC(Cc2cc(F)cc(F)c2)[C@H](O)[C@H]2CN(S(=O)(=O)c3cccc(OC)c3)CCN2)CC1=O. The lowest BCUT2D eigenvalue weighted by molar-refractivity contribution is -0.129. The van der Waals surface area contributed by atoms with Crippen molar-refractivity contribution in [1.82, 2.24) is 19.8 Å². The molecule has 10 nitrogen and oxygen atoms in total. The summed E-state index contributed by atoms with van der Waals surface area (Å²) in [5.41, 5.74) is 0.209. The van der Waals surface area contributed by atoms with Gasteiger partial charge in [0.05, 0.1) is 30.1 Å². The first-order valence-corrected chi connectivity index (χ1v) is 15.5. The van der Waals surface area contributed by atoms with Gasteiger partial charge >= 0.3 is 0 Å². The molecule has 4 rings (SSSR count). The van der Waals surface area contributed by atoms with Gasteiger partial charge in [-0.25, -0.2) is 17.2 Å². The van der Waals surface area contributed by atoms with E-state index in [1.807, 2.05) is 6.92 Å². The molecule has 0 aliphatic carbocycles. The number of carbonyl (C=O) groups excluding carboxylic acids is 2. The van der Waals surface area contributed by atoms with Gasteiger partial charge in [-0.1, -0.05) is 19.4 Å². The Morgan fingerprint density at radius 1 is 1.19 bits per heavy atom. The predicted octanol–water partition coefficient (Wildman–Crippen LogP) is 1.67. The molecule has 2 fully saturated rings. The second-order valence-corrected chi connectivity index (χ2v) is 12.7. The molecule has 2 aromatic carbocycles. The summed E-state index contributed by atoms with van der Waals surface area (Å²) >= 11 is 0. The molecular weight excluding hydrogens is 570 g/mol. The molecule has 0 saturated carbocycles. The number of likely N-dealkylation sites (tertiary alicyclic amines) is 1. The zero-order valence-electron chi connectivity index (χ0n) is 23.8. The van der Waals surface area contributed by atoms with Crippen molar-refractivity contribution in [2.75, 3.05) is 39.8 Å². The number of sulfonamides is 1. The Bertz CT molecular complexity index is 1360. The Hall–Kier alpha value is -3.13. The van der Waals surface area contributed by atoms with Gasteiger partial charge in [0.2, 0.25) is 21.8 Å². The number of unbranched alkanes of at least 4 members (excludes halogenated alkanes) is 1. The highest BCUT2D eigenvalue weighted by atomic mass is 32.2. The van der Waals surface area contributed by atoms with E-state index in [-0.39, 0.29) is 55.4 Å². The van der Waals surface area contributed by atoms with Crippen LogP contribution >= 0.6 is 0 Å². The van der Waals surface area contributed by atoms with Crippen molar-refractivity contribution in [2.45, 2.75) is 55.7 Å². The fraction of sp³-hybridized carbons (Fsp3) is 0.517. The number of halogens is 2. The van der Waals surface area contributed by atoms with Gasteiger partial charge in [-0.05, 0) is 42.7 Å². The number of hydrogen-bond acceptors (Lipinski definition) is 7. The molecule has 0 aromatic heterocycles. The van der Waals surface area contributed by atoms with E-state index in [9.17, 15) is 31.9 Å².